The molecule has 0 bridgehead atoms. The average Bonchev–Trinajstić information content (AvgIpc) is 3.35. The molecule has 2 saturated heterocycles. The smallest absolute Gasteiger partial charge is 0.480 e. The zero-order valence-corrected chi connectivity index (χ0v) is 21.3. The third-order valence-electron chi connectivity index (χ3n) is 6.96. The Kier molecular flexibility index (Phi) is 8.34. The number of carboxylic acid groups (broad SMARTS) is 1. The summed E-state index contributed by atoms with van der Waals surface area (Å²) >= 11 is 1.39. The van der Waals surface area contributed by atoms with Crippen LogP contribution < -0.4 is 15.4 Å². The number of hydrogen-bond donors (Lipinski definition) is 3. The van der Waals surface area contributed by atoms with Gasteiger partial charge in [-0.05, 0) is 41.7 Å². The number of alkyl halides is 3. The number of nitrogens with zero attached hydrogens (tertiary/aromatic N) is 1. The van der Waals surface area contributed by atoms with Crippen molar-refractivity contribution in [2.75, 3.05) is 25.1 Å². The number of thioether (sulfide) groups is 1. The van der Waals surface area contributed by atoms with Crippen LogP contribution in [0.4, 0.5) is 13.2 Å². The molecule has 2 fully saturated rings. The van der Waals surface area contributed by atoms with Crippen molar-refractivity contribution in [1.82, 2.24) is 15.5 Å². The number of fused-ring (bicyclic) bond motifs is 1. The van der Waals surface area contributed by atoms with Gasteiger partial charge in [-0.15, -0.1) is 13.2 Å². The van der Waals surface area contributed by atoms with Gasteiger partial charge in [0.1, 0.15) is 11.3 Å². The van der Waals surface area contributed by atoms with E-state index in [4.69, 9.17) is 0 Å². The third-order valence-corrected chi connectivity index (χ3v) is 7.57. The maximum atomic E-state index is 13.6. The molecule has 3 N–H and O–H groups in total. The zero-order chi connectivity index (χ0) is 27.5. The van der Waals surface area contributed by atoms with E-state index < -0.39 is 53.3 Å². The highest BCUT2D eigenvalue weighted by molar-refractivity contribution is 7.98. The van der Waals surface area contributed by atoms with E-state index in [9.17, 15) is 32.7 Å². The lowest BCUT2D eigenvalue weighted by atomic mass is 9.78. The van der Waals surface area contributed by atoms with Gasteiger partial charge < -0.3 is 15.2 Å². The number of benzene rings is 2. The van der Waals surface area contributed by atoms with Gasteiger partial charge in [0.2, 0.25) is 11.8 Å². The minimum atomic E-state index is -4.92. The van der Waals surface area contributed by atoms with Crippen LogP contribution in [0, 0.1) is 11.8 Å². The standard InChI is InChI=1S/C26H28F3N3O5S/c1-38-13-10-25(24(35)36)20-19(21(31-25)17-8-5-9-18(14-17)37-26(27,28)29)22(33)32(23(20)34)12-11-30-15-16-6-3-2-4-7-16/h2-9,14,19-21,30-31H,10-13,15H2,1H3,(H,35,36). The van der Waals surface area contributed by atoms with E-state index in [2.05, 4.69) is 15.4 Å². The van der Waals surface area contributed by atoms with Gasteiger partial charge in [0.15, 0.2) is 0 Å². The second-order valence-electron chi connectivity index (χ2n) is 9.26. The summed E-state index contributed by atoms with van der Waals surface area (Å²) in [5.41, 5.74) is -0.493. The number of aliphatic carboxylic acids is 1. The molecule has 2 aromatic rings. The summed E-state index contributed by atoms with van der Waals surface area (Å²) in [7, 11) is 0. The van der Waals surface area contributed by atoms with Crippen molar-refractivity contribution in [2.45, 2.75) is 30.9 Å². The number of carbonyl (C=O) groups is 3. The predicted octanol–water partition coefficient (Wildman–Crippen LogP) is 3.20. The SMILES string of the molecule is CSCCC1(C(=O)O)NC(c2cccc(OC(F)(F)F)c2)C2C(=O)N(CCNCc3ccccc3)C(=O)C21. The summed E-state index contributed by atoms with van der Waals surface area (Å²) in [4.78, 5) is 40.9. The average molecular weight is 552 g/mol. The first-order valence-electron chi connectivity index (χ1n) is 12.0. The fourth-order valence-corrected chi connectivity index (χ4v) is 5.82. The molecule has 0 radical (unpaired) electrons. The molecule has 2 aromatic carbocycles. The first-order valence-corrected chi connectivity index (χ1v) is 13.4. The van der Waals surface area contributed by atoms with Crippen molar-refractivity contribution in [3.63, 3.8) is 0 Å². The van der Waals surface area contributed by atoms with E-state index in [1.165, 1.54) is 23.9 Å². The summed E-state index contributed by atoms with van der Waals surface area (Å²) in [5, 5.41) is 16.5. The molecule has 8 nitrogen and oxygen atoms in total. The highest BCUT2D eigenvalue weighted by Gasteiger charge is 2.68. The molecule has 38 heavy (non-hydrogen) atoms. The van der Waals surface area contributed by atoms with Crippen molar-refractivity contribution in [1.29, 1.82) is 0 Å². The number of hydrogen-bond acceptors (Lipinski definition) is 7. The van der Waals surface area contributed by atoms with Gasteiger partial charge in [0, 0.05) is 25.7 Å². The zero-order valence-electron chi connectivity index (χ0n) is 20.5. The number of likely N-dealkylation sites (tertiary alicyclic amines) is 1. The van der Waals surface area contributed by atoms with Crippen molar-refractivity contribution in [2.24, 2.45) is 11.8 Å². The number of carboxylic acids is 1. The Bertz CT molecular complexity index is 1180. The Morgan fingerprint density at radius 2 is 1.89 bits per heavy atom. The molecule has 4 atom stereocenters. The van der Waals surface area contributed by atoms with Crippen LogP contribution in [0.1, 0.15) is 23.6 Å². The van der Waals surface area contributed by atoms with Crippen LogP contribution in [0.25, 0.3) is 0 Å². The summed E-state index contributed by atoms with van der Waals surface area (Å²) in [5.74, 6) is -4.81. The second kappa shape index (κ2) is 11.3. The monoisotopic (exact) mass is 551 g/mol. The van der Waals surface area contributed by atoms with E-state index in [-0.39, 0.29) is 18.5 Å². The van der Waals surface area contributed by atoms with Crippen LogP contribution in [-0.4, -0.2) is 64.8 Å². The Labute approximate surface area is 221 Å². The van der Waals surface area contributed by atoms with Crippen molar-refractivity contribution in [3.05, 3.63) is 65.7 Å². The Hall–Kier alpha value is -3.09. The van der Waals surface area contributed by atoms with Gasteiger partial charge >= 0.3 is 12.3 Å². The van der Waals surface area contributed by atoms with Crippen LogP contribution in [-0.2, 0) is 20.9 Å². The van der Waals surface area contributed by atoms with E-state index in [1.54, 1.807) is 6.26 Å². The van der Waals surface area contributed by atoms with Gasteiger partial charge in [-0.2, -0.15) is 11.8 Å². The molecular weight excluding hydrogens is 523 g/mol. The highest BCUT2D eigenvalue weighted by atomic mass is 32.2. The molecule has 0 saturated carbocycles. The number of nitrogens with one attached hydrogen (secondary N) is 2. The minimum Gasteiger partial charge on any atom is -0.480 e. The summed E-state index contributed by atoms with van der Waals surface area (Å²) in [6.45, 7) is 0.857. The number of ether oxygens (including phenoxy) is 1. The first-order chi connectivity index (χ1) is 18.1. The molecule has 204 valence electrons. The summed E-state index contributed by atoms with van der Waals surface area (Å²) in [6, 6.07) is 13.6. The van der Waals surface area contributed by atoms with Crippen LogP contribution in [0.5, 0.6) is 5.75 Å². The first kappa shape index (κ1) is 27.9. The summed E-state index contributed by atoms with van der Waals surface area (Å²) in [6.07, 6.45) is -3.07. The predicted molar refractivity (Wildman–Crippen MR) is 134 cm³/mol. The molecule has 4 unspecified atom stereocenters. The van der Waals surface area contributed by atoms with E-state index >= 15 is 0 Å². The van der Waals surface area contributed by atoms with Crippen LogP contribution in [0.2, 0.25) is 0 Å². The normalized spacial score (nSPS) is 25.1. The third kappa shape index (κ3) is 5.67. The molecule has 2 aliphatic rings. The minimum absolute atomic E-state index is 0.0413. The lowest BCUT2D eigenvalue weighted by Gasteiger charge is -2.31. The number of rotatable bonds is 11. The number of carbonyl (C=O) groups excluding carboxylic acids is 2. The van der Waals surface area contributed by atoms with E-state index in [0.717, 1.165) is 22.6 Å². The largest absolute Gasteiger partial charge is 0.573 e. The topological polar surface area (TPSA) is 108 Å². The van der Waals surface area contributed by atoms with Crippen molar-refractivity contribution in [3.8, 4) is 5.75 Å². The van der Waals surface area contributed by atoms with Crippen molar-refractivity contribution < 1.29 is 37.4 Å². The Morgan fingerprint density at radius 3 is 2.55 bits per heavy atom. The second-order valence-corrected chi connectivity index (χ2v) is 10.2. The molecule has 0 spiro atoms. The fourth-order valence-electron chi connectivity index (χ4n) is 5.29. The van der Waals surface area contributed by atoms with Crippen molar-refractivity contribution >= 4 is 29.5 Å². The van der Waals surface area contributed by atoms with Gasteiger partial charge in [-0.3, -0.25) is 24.6 Å². The molecule has 4 rings (SSSR count). The molecule has 0 aliphatic carbocycles. The Balaban J connectivity index is 1.61. The van der Waals surface area contributed by atoms with Gasteiger partial charge in [0.25, 0.3) is 0 Å². The number of halogens is 3. The molecule has 2 amide bonds. The maximum absolute atomic E-state index is 13.6. The molecule has 2 aliphatic heterocycles. The summed E-state index contributed by atoms with van der Waals surface area (Å²) < 4.78 is 42.5. The lowest BCUT2D eigenvalue weighted by molar-refractivity contribution is -0.274. The molecule has 12 heteroatoms. The fraction of sp³-hybridized carbons (Fsp3) is 0.423. The van der Waals surface area contributed by atoms with Gasteiger partial charge in [-0.1, -0.05) is 42.5 Å². The quantitative estimate of drug-likeness (QED) is 0.289. The van der Waals surface area contributed by atoms with E-state index in [1.807, 2.05) is 30.3 Å². The molecule has 0 aromatic heterocycles. The maximum Gasteiger partial charge on any atom is 0.573 e. The van der Waals surface area contributed by atoms with Crippen LogP contribution in [0.15, 0.2) is 54.6 Å². The highest BCUT2D eigenvalue weighted by Crippen LogP contribution is 2.50. The number of imide groups is 1. The van der Waals surface area contributed by atoms with Crippen LogP contribution >= 0.6 is 11.8 Å². The Morgan fingerprint density at radius 1 is 1.16 bits per heavy atom. The van der Waals surface area contributed by atoms with Crippen LogP contribution in [0.3, 0.4) is 0 Å². The number of amides is 2. The van der Waals surface area contributed by atoms with E-state index in [0.29, 0.717) is 18.8 Å². The lowest BCUT2D eigenvalue weighted by Crippen LogP contribution is -2.56. The van der Waals surface area contributed by atoms with Gasteiger partial charge in [-0.25, -0.2) is 0 Å². The van der Waals surface area contributed by atoms with Gasteiger partial charge in [0.05, 0.1) is 11.8 Å². The molecular formula is C26H28F3N3O5S. The molecule has 2 heterocycles.